The highest BCUT2D eigenvalue weighted by Crippen LogP contribution is 2.30. The fourth-order valence-corrected chi connectivity index (χ4v) is 2.14. The van der Waals surface area contributed by atoms with E-state index in [0.29, 0.717) is 22.8 Å². The van der Waals surface area contributed by atoms with Gasteiger partial charge in [0.1, 0.15) is 12.4 Å². The van der Waals surface area contributed by atoms with Crippen molar-refractivity contribution >= 4 is 11.6 Å². The van der Waals surface area contributed by atoms with Gasteiger partial charge in [-0.1, -0.05) is 24.3 Å². The van der Waals surface area contributed by atoms with Crippen molar-refractivity contribution in [2.24, 2.45) is 5.10 Å². The van der Waals surface area contributed by atoms with Crippen molar-refractivity contribution in [1.82, 2.24) is 5.43 Å². The van der Waals surface area contributed by atoms with E-state index in [1.165, 1.54) is 12.1 Å². The molecule has 0 aromatic heterocycles. The van der Waals surface area contributed by atoms with Crippen LogP contribution in [-0.2, 0) is 4.79 Å². The van der Waals surface area contributed by atoms with Gasteiger partial charge in [-0.3, -0.25) is 4.79 Å². The Labute approximate surface area is 132 Å². The first kappa shape index (κ1) is 15.0. The lowest BCUT2D eigenvalue weighted by Gasteiger charge is -2.24. The number of carbonyl (C=O) groups excluding carboxylic acids is 1. The molecule has 0 saturated carbocycles. The second kappa shape index (κ2) is 6.48. The summed E-state index contributed by atoms with van der Waals surface area (Å²) < 4.78 is 24.2. The second-order valence-corrected chi connectivity index (χ2v) is 5.05. The van der Waals surface area contributed by atoms with Crippen LogP contribution in [0.4, 0.5) is 4.39 Å². The molecule has 23 heavy (non-hydrogen) atoms. The lowest BCUT2D eigenvalue weighted by Crippen LogP contribution is -2.42. The van der Waals surface area contributed by atoms with Crippen molar-refractivity contribution < 1.29 is 18.7 Å². The van der Waals surface area contributed by atoms with E-state index in [9.17, 15) is 9.18 Å². The molecule has 1 N–H and O–H groups in total. The summed E-state index contributed by atoms with van der Waals surface area (Å²) in [5, 5.41) is 3.98. The minimum atomic E-state index is -0.783. The van der Waals surface area contributed by atoms with Crippen LogP contribution in [0.2, 0.25) is 0 Å². The molecule has 1 amide bonds. The lowest BCUT2D eigenvalue weighted by atomic mass is 10.1. The third-order valence-electron chi connectivity index (χ3n) is 3.38. The number of para-hydroxylation sites is 2. The highest BCUT2D eigenvalue weighted by Gasteiger charge is 2.27. The summed E-state index contributed by atoms with van der Waals surface area (Å²) in [5.41, 5.74) is 3.51. The average Bonchev–Trinajstić information content (AvgIpc) is 2.59. The molecule has 3 rings (SSSR count). The summed E-state index contributed by atoms with van der Waals surface area (Å²) in [6.07, 6.45) is -0.783. The molecular weight excluding hydrogens is 299 g/mol. The fraction of sp³-hybridized carbons (Fsp3) is 0.176. The van der Waals surface area contributed by atoms with Gasteiger partial charge >= 0.3 is 0 Å². The first-order chi connectivity index (χ1) is 11.1. The highest BCUT2D eigenvalue weighted by atomic mass is 19.1. The maximum absolute atomic E-state index is 13.2. The molecule has 0 unspecified atom stereocenters. The molecule has 118 valence electrons. The van der Waals surface area contributed by atoms with Crippen LogP contribution in [0.15, 0.2) is 53.6 Å². The van der Waals surface area contributed by atoms with E-state index in [4.69, 9.17) is 9.47 Å². The Morgan fingerprint density at radius 1 is 1.22 bits per heavy atom. The van der Waals surface area contributed by atoms with E-state index in [1.807, 2.05) is 6.07 Å². The van der Waals surface area contributed by atoms with Crippen LogP contribution < -0.4 is 14.9 Å². The van der Waals surface area contributed by atoms with E-state index < -0.39 is 12.0 Å². The van der Waals surface area contributed by atoms with Gasteiger partial charge in [-0.25, -0.2) is 9.82 Å². The summed E-state index contributed by atoms with van der Waals surface area (Å²) in [4.78, 5) is 12.1. The number of nitrogens with one attached hydrogen (secondary N) is 1. The molecule has 1 atom stereocenters. The number of carbonyl (C=O) groups is 1. The minimum Gasteiger partial charge on any atom is -0.485 e. The number of nitrogens with zero attached hydrogens (tertiary/aromatic N) is 1. The van der Waals surface area contributed by atoms with Crippen molar-refractivity contribution in [3.63, 3.8) is 0 Å². The van der Waals surface area contributed by atoms with Gasteiger partial charge in [0.15, 0.2) is 11.5 Å². The normalized spacial score (nSPS) is 16.8. The Morgan fingerprint density at radius 3 is 2.78 bits per heavy atom. The van der Waals surface area contributed by atoms with E-state index >= 15 is 0 Å². The van der Waals surface area contributed by atoms with Gasteiger partial charge in [-0.2, -0.15) is 5.10 Å². The molecule has 2 aromatic carbocycles. The largest absolute Gasteiger partial charge is 0.485 e. The number of ether oxygens (including phenoxy) is 2. The summed E-state index contributed by atoms with van der Waals surface area (Å²) in [5.74, 6) is 0.347. The molecule has 1 heterocycles. The third-order valence-corrected chi connectivity index (χ3v) is 3.38. The van der Waals surface area contributed by atoms with Gasteiger partial charge in [0.05, 0.1) is 5.71 Å². The van der Waals surface area contributed by atoms with Gasteiger partial charge in [-0.05, 0) is 31.2 Å². The Kier molecular flexibility index (Phi) is 4.23. The van der Waals surface area contributed by atoms with Crippen molar-refractivity contribution in [3.8, 4) is 11.5 Å². The molecule has 1 aliphatic heterocycles. The van der Waals surface area contributed by atoms with Gasteiger partial charge in [-0.15, -0.1) is 0 Å². The molecule has 1 aliphatic rings. The summed E-state index contributed by atoms with van der Waals surface area (Å²) >= 11 is 0. The predicted octanol–water partition coefficient (Wildman–Crippen LogP) is 2.51. The standard InChI is InChI=1S/C17H15FN2O3/c1-11(12-5-4-6-13(18)9-12)19-20-17(21)16-10-22-14-7-2-3-8-15(14)23-16/h2-9,16H,10H2,1H3,(H,20,21)/b19-11-/t16-/m0/s1. The maximum Gasteiger partial charge on any atom is 0.284 e. The van der Waals surface area contributed by atoms with Crippen LogP contribution in [0.5, 0.6) is 11.5 Å². The first-order valence-electron chi connectivity index (χ1n) is 7.12. The van der Waals surface area contributed by atoms with Gasteiger partial charge in [0.2, 0.25) is 6.10 Å². The van der Waals surface area contributed by atoms with Crippen LogP contribution in [-0.4, -0.2) is 24.3 Å². The summed E-state index contributed by atoms with van der Waals surface area (Å²) in [7, 11) is 0. The van der Waals surface area contributed by atoms with Crippen molar-refractivity contribution in [2.75, 3.05) is 6.61 Å². The maximum atomic E-state index is 13.2. The zero-order valence-electron chi connectivity index (χ0n) is 12.5. The number of rotatable bonds is 3. The molecule has 6 heteroatoms. The monoisotopic (exact) mass is 314 g/mol. The van der Waals surface area contributed by atoms with E-state index in [1.54, 1.807) is 37.3 Å². The van der Waals surface area contributed by atoms with Crippen LogP contribution >= 0.6 is 0 Å². The number of amides is 1. The van der Waals surface area contributed by atoms with Crippen molar-refractivity contribution in [3.05, 3.63) is 59.9 Å². The van der Waals surface area contributed by atoms with Crippen molar-refractivity contribution in [1.29, 1.82) is 0 Å². The molecule has 0 radical (unpaired) electrons. The zero-order valence-corrected chi connectivity index (χ0v) is 12.5. The molecule has 5 nitrogen and oxygen atoms in total. The second-order valence-electron chi connectivity index (χ2n) is 5.05. The fourth-order valence-electron chi connectivity index (χ4n) is 2.14. The molecule has 0 aliphatic carbocycles. The van der Waals surface area contributed by atoms with Crippen molar-refractivity contribution in [2.45, 2.75) is 13.0 Å². The zero-order chi connectivity index (χ0) is 16.2. The lowest BCUT2D eigenvalue weighted by molar-refractivity contribution is -0.130. The van der Waals surface area contributed by atoms with E-state index in [-0.39, 0.29) is 12.4 Å². The Balaban J connectivity index is 1.65. The highest BCUT2D eigenvalue weighted by molar-refractivity contribution is 5.99. The first-order valence-corrected chi connectivity index (χ1v) is 7.12. The third kappa shape index (κ3) is 3.48. The quantitative estimate of drug-likeness (QED) is 0.699. The summed E-state index contributed by atoms with van der Waals surface area (Å²) in [6.45, 7) is 1.79. The number of fused-ring (bicyclic) bond motifs is 1. The predicted molar refractivity (Wildman–Crippen MR) is 83.1 cm³/mol. The smallest absolute Gasteiger partial charge is 0.284 e. The van der Waals surface area contributed by atoms with Crippen LogP contribution in [0, 0.1) is 5.82 Å². The number of hydrazone groups is 1. The average molecular weight is 314 g/mol. The van der Waals surface area contributed by atoms with Gasteiger partial charge < -0.3 is 9.47 Å². The van der Waals surface area contributed by atoms with Gasteiger partial charge in [0, 0.05) is 5.56 Å². The van der Waals surface area contributed by atoms with E-state index in [2.05, 4.69) is 10.5 Å². The van der Waals surface area contributed by atoms with Crippen LogP contribution in [0.25, 0.3) is 0 Å². The van der Waals surface area contributed by atoms with Gasteiger partial charge in [0.25, 0.3) is 5.91 Å². The molecular formula is C17H15FN2O3. The molecule has 0 spiro atoms. The number of hydrogen-bond donors (Lipinski definition) is 1. The topological polar surface area (TPSA) is 59.9 Å². The summed E-state index contributed by atoms with van der Waals surface area (Å²) in [6, 6.07) is 13.1. The Hall–Kier alpha value is -2.89. The number of hydrogen-bond acceptors (Lipinski definition) is 4. The number of benzene rings is 2. The Morgan fingerprint density at radius 2 is 2.00 bits per heavy atom. The molecule has 2 aromatic rings. The molecule has 0 saturated heterocycles. The minimum absolute atomic E-state index is 0.109. The van der Waals surface area contributed by atoms with E-state index in [0.717, 1.165) is 0 Å². The van der Waals surface area contributed by atoms with Crippen LogP contribution in [0.3, 0.4) is 0 Å². The molecule has 0 bridgehead atoms. The molecule has 0 fully saturated rings. The Bertz CT molecular complexity index is 761. The SMILES string of the molecule is C/C(=N/NC(=O)[C@@H]1COc2ccccc2O1)c1cccc(F)c1. The number of halogens is 1. The van der Waals surface area contributed by atoms with Crippen LogP contribution in [0.1, 0.15) is 12.5 Å².